The van der Waals surface area contributed by atoms with Gasteiger partial charge in [0.1, 0.15) is 17.3 Å². The van der Waals surface area contributed by atoms with Gasteiger partial charge >= 0.3 is 0 Å². The molecule has 0 bridgehead atoms. The minimum Gasteiger partial charge on any atom is -0.457 e. The third kappa shape index (κ3) is 2.26. The van der Waals surface area contributed by atoms with E-state index in [0.29, 0.717) is 11.5 Å². The summed E-state index contributed by atoms with van der Waals surface area (Å²) in [6.45, 7) is 0. The van der Waals surface area contributed by atoms with E-state index >= 15 is 0 Å². The summed E-state index contributed by atoms with van der Waals surface area (Å²) in [5, 5.41) is 0. The molecule has 76 valence electrons. The molecule has 0 saturated heterocycles. The van der Waals surface area contributed by atoms with Crippen molar-refractivity contribution < 1.29 is 9.13 Å². The lowest BCUT2D eigenvalue weighted by Crippen LogP contribution is -1.91. The van der Waals surface area contributed by atoms with Crippen LogP contribution in [0.4, 0.5) is 10.1 Å². The van der Waals surface area contributed by atoms with E-state index in [9.17, 15) is 4.39 Å². The molecule has 0 atom stereocenters. The highest BCUT2D eigenvalue weighted by atomic mass is 19.1. The van der Waals surface area contributed by atoms with Gasteiger partial charge in [0.25, 0.3) is 0 Å². The van der Waals surface area contributed by atoms with Crippen molar-refractivity contribution in [3.05, 3.63) is 54.3 Å². The SMILES string of the molecule is Nc1ccc(Oc2ccccc2)cc1F. The first-order chi connectivity index (χ1) is 7.25. The van der Waals surface area contributed by atoms with Gasteiger partial charge in [0.05, 0.1) is 5.69 Å². The Hall–Kier alpha value is -2.03. The summed E-state index contributed by atoms with van der Waals surface area (Å²) in [5.41, 5.74) is 5.47. The van der Waals surface area contributed by atoms with E-state index in [1.165, 1.54) is 12.1 Å². The predicted molar refractivity (Wildman–Crippen MR) is 57.3 cm³/mol. The van der Waals surface area contributed by atoms with Crippen LogP contribution in [0.1, 0.15) is 0 Å². The fourth-order valence-electron chi connectivity index (χ4n) is 1.20. The van der Waals surface area contributed by atoms with Crippen LogP contribution in [0.2, 0.25) is 0 Å². The summed E-state index contributed by atoms with van der Waals surface area (Å²) in [7, 11) is 0. The van der Waals surface area contributed by atoms with Crippen LogP contribution in [0, 0.1) is 5.82 Å². The normalized spacial score (nSPS) is 9.93. The zero-order chi connectivity index (χ0) is 10.7. The van der Waals surface area contributed by atoms with Crippen LogP contribution < -0.4 is 10.5 Å². The molecule has 2 aromatic rings. The Morgan fingerprint density at radius 3 is 2.33 bits per heavy atom. The Balaban J connectivity index is 2.22. The maximum atomic E-state index is 13.1. The average Bonchev–Trinajstić information content (AvgIpc) is 2.25. The van der Waals surface area contributed by atoms with Gasteiger partial charge in [-0.3, -0.25) is 0 Å². The van der Waals surface area contributed by atoms with Crippen molar-refractivity contribution in [3.8, 4) is 11.5 Å². The van der Waals surface area contributed by atoms with E-state index in [2.05, 4.69) is 0 Å². The number of benzene rings is 2. The van der Waals surface area contributed by atoms with Crippen LogP contribution in [0.25, 0.3) is 0 Å². The standard InChI is InChI=1S/C12H10FNO/c13-11-8-10(6-7-12(11)14)15-9-4-2-1-3-5-9/h1-8H,14H2. The van der Waals surface area contributed by atoms with E-state index in [4.69, 9.17) is 10.5 Å². The first-order valence-electron chi connectivity index (χ1n) is 4.53. The van der Waals surface area contributed by atoms with Crippen LogP contribution in [0.5, 0.6) is 11.5 Å². The molecule has 2 rings (SSSR count). The lowest BCUT2D eigenvalue weighted by molar-refractivity contribution is 0.477. The smallest absolute Gasteiger partial charge is 0.149 e. The summed E-state index contributed by atoms with van der Waals surface area (Å²) < 4.78 is 18.5. The molecule has 3 heteroatoms. The van der Waals surface area contributed by atoms with Crippen molar-refractivity contribution in [1.29, 1.82) is 0 Å². The van der Waals surface area contributed by atoms with Gasteiger partial charge in [0.2, 0.25) is 0 Å². The molecule has 0 saturated carbocycles. The summed E-state index contributed by atoms with van der Waals surface area (Å²) in [4.78, 5) is 0. The zero-order valence-corrected chi connectivity index (χ0v) is 7.98. The number of anilines is 1. The number of para-hydroxylation sites is 1. The second kappa shape index (κ2) is 4.00. The van der Waals surface area contributed by atoms with Crippen molar-refractivity contribution in [2.75, 3.05) is 5.73 Å². The fraction of sp³-hybridized carbons (Fsp3) is 0. The number of hydrogen-bond donors (Lipinski definition) is 1. The van der Waals surface area contributed by atoms with Gasteiger partial charge in [-0.1, -0.05) is 18.2 Å². The zero-order valence-electron chi connectivity index (χ0n) is 7.98. The fourth-order valence-corrected chi connectivity index (χ4v) is 1.20. The number of hydrogen-bond acceptors (Lipinski definition) is 2. The van der Waals surface area contributed by atoms with Crippen molar-refractivity contribution in [1.82, 2.24) is 0 Å². The molecule has 0 heterocycles. The van der Waals surface area contributed by atoms with Gasteiger partial charge < -0.3 is 10.5 Å². The molecule has 0 aliphatic carbocycles. The molecule has 2 N–H and O–H groups in total. The minimum absolute atomic E-state index is 0.121. The highest BCUT2D eigenvalue weighted by molar-refractivity contribution is 5.44. The van der Waals surface area contributed by atoms with Crippen molar-refractivity contribution in [2.24, 2.45) is 0 Å². The van der Waals surface area contributed by atoms with Crippen molar-refractivity contribution >= 4 is 5.69 Å². The molecular formula is C12H10FNO. The second-order valence-electron chi connectivity index (χ2n) is 3.10. The highest BCUT2D eigenvalue weighted by Gasteiger charge is 2.01. The lowest BCUT2D eigenvalue weighted by atomic mass is 10.3. The minimum atomic E-state index is -0.469. The monoisotopic (exact) mass is 203 g/mol. The quantitative estimate of drug-likeness (QED) is 0.760. The number of nitrogens with two attached hydrogens (primary N) is 1. The van der Waals surface area contributed by atoms with E-state index in [0.717, 1.165) is 0 Å². The topological polar surface area (TPSA) is 35.2 Å². The van der Waals surface area contributed by atoms with Crippen LogP contribution in [0.15, 0.2) is 48.5 Å². The molecule has 2 nitrogen and oxygen atoms in total. The summed E-state index contributed by atoms with van der Waals surface area (Å²) in [5.74, 6) is 0.637. The summed E-state index contributed by atoms with van der Waals surface area (Å²) in [6.07, 6.45) is 0. The average molecular weight is 203 g/mol. The number of nitrogen functional groups attached to an aromatic ring is 1. The molecule has 0 radical (unpaired) electrons. The first-order valence-corrected chi connectivity index (χ1v) is 4.53. The van der Waals surface area contributed by atoms with E-state index in [-0.39, 0.29) is 5.69 Å². The van der Waals surface area contributed by atoms with Gasteiger partial charge in [0.15, 0.2) is 0 Å². The first kappa shape index (κ1) is 9.52. The van der Waals surface area contributed by atoms with E-state index < -0.39 is 5.82 Å². The Morgan fingerprint density at radius 2 is 1.67 bits per heavy atom. The lowest BCUT2D eigenvalue weighted by Gasteiger charge is -2.05. The Labute approximate surface area is 87.1 Å². The molecular weight excluding hydrogens is 193 g/mol. The maximum absolute atomic E-state index is 13.1. The molecule has 15 heavy (non-hydrogen) atoms. The Bertz CT molecular complexity index is 456. The Morgan fingerprint density at radius 1 is 0.933 bits per heavy atom. The predicted octanol–water partition coefficient (Wildman–Crippen LogP) is 3.20. The Kier molecular flexibility index (Phi) is 2.54. The number of halogens is 1. The summed E-state index contributed by atoms with van der Waals surface area (Å²) >= 11 is 0. The molecule has 0 aromatic heterocycles. The largest absolute Gasteiger partial charge is 0.457 e. The third-order valence-electron chi connectivity index (χ3n) is 1.95. The van der Waals surface area contributed by atoms with Crippen molar-refractivity contribution in [2.45, 2.75) is 0 Å². The van der Waals surface area contributed by atoms with E-state index in [1.54, 1.807) is 18.2 Å². The van der Waals surface area contributed by atoms with Crippen molar-refractivity contribution in [3.63, 3.8) is 0 Å². The molecule has 0 spiro atoms. The van der Waals surface area contributed by atoms with Crippen LogP contribution in [0.3, 0.4) is 0 Å². The molecule has 0 aliphatic rings. The molecule has 0 fully saturated rings. The van der Waals surface area contributed by atoms with Crippen LogP contribution >= 0.6 is 0 Å². The number of rotatable bonds is 2. The van der Waals surface area contributed by atoms with E-state index in [1.807, 2.05) is 18.2 Å². The molecule has 0 aliphatic heterocycles. The molecule has 0 amide bonds. The van der Waals surface area contributed by atoms with Gasteiger partial charge in [0, 0.05) is 6.07 Å². The van der Waals surface area contributed by atoms with Gasteiger partial charge in [-0.25, -0.2) is 4.39 Å². The number of ether oxygens (including phenoxy) is 1. The second-order valence-corrected chi connectivity index (χ2v) is 3.10. The highest BCUT2D eigenvalue weighted by Crippen LogP contribution is 2.23. The molecule has 2 aromatic carbocycles. The summed E-state index contributed by atoms with van der Waals surface area (Å²) in [6, 6.07) is 13.6. The maximum Gasteiger partial charge on any atom is 0.149 e. The van der Waals surface area contributed by atoms with Gasteiger partial charge in [-0.2, -0.15) is 0 Å². The third-order valence-corrected chi connectivity index (χ3v) is 1.95. The van der Waals surface area contributed by atoms with Gasteiger partial charge in [-0.05, 0) is 24.3 Å². The molecule has 0 unspecified atom stereocenters. The van der Waals surface area contributed by atoms with Gasteiger partial charge in [-0.15, -0.1) is 0 Å². The van der Waals surface area contributed by atoms with Crippen LogP contribution in [-0.4, -0.2) is 0 Å². The van der Waals surface area contributed by atoms with Crippen LogP contribution in [-0.2, 0) is 0 Å².